The Bertz CT molecular complexity index is 1090. The van der Waals surface area contributed by atoms with Crippen LogP contribution in [0.3, 0.4) is 0 Å². The number of benzene rings is 2. The molecule has 2 aromatic carbocycles. The quantitative estimate of drug-likeness (QED) is 0.502. The van der Waals surface area contributed by atoms with E-state index in [0.717, 1.165) is 25.7 Å². The fraction of sp³-hybridized carbons (Fsp3) is 0.500. The van der Waals surface area contributed by atoms with Crippen LogP contribution in [0, 0.1) is 0 Å². The molecule has 1 heterocycles. The van der Waals surface area contributed by atoms with Crippen LogP contribution in [0.2, 0.25) is 10.0 Å². The molecule has 1 N–H and O–H groups in total. The van der Waals surface area contributed by atoms with Gasteiger partial charge >= 0.3 is 6.09 Å². The van der Waals surface area contributed by atoms with Gasteiger partial charge in [0, 0.05) is 28.7 Å². The minimum Gasteiger partial charge on any atom is -0.444 e. The van der Waals surface area contributed by atoms with E-state index in [-0.39, 0.29) is 24.5 Å². The summed E-state index contributed by atoms with van der Waals surface area (Å²) in [5.41, 5.74) is 2.95. The summed E-state index contributed by atoms with van der Waals surface area (Å²) in [7, 11) is 0. The first-order valence-corrected chi connectivity index (χ1v) is 13.2. The van der Waals surface area contributed by atoms with E-state index in [0.29, 0.717) is 28.7 Å². The molecule has 36 heavy (non-hydrogen) atoms. The molecule has 2 amide bonds. The Kier molecular flexibility index (Phi) is 8.18. The Morgan fingerprint density at radius 3 is 2.36 bits per heavy atom. The van der Waals surface area contributed by atoms with Gasteiger partial charge in [-0.15, -0.1) is 0 Å². The third kappa shape index (κ3) is 6.16. The fourth-order valence-electron chi connectivity index (χ4n) is 5.23. The van der Waals surface area contributed by atoms with Crippen LogP contribution in [0.5, 0.6) is 0 Å². The standard InChI is InChI=1S/C28H34Cl2N2O4/c1-27(2,3)36-26(34)31-24(18-35-17-20-22(29)9-6-10-23(20)30)25(33)32-15-13-28(14-16-32)12-11-19-7-4-5-8-21(19)28/h4-10,24H,11-18H2,1-3H3,(H,31,34)/t24-/m1/s1. The van der Waals surface area contributed by atoms with E-state index in [4.69, 9.17) is 32.7 Å². The van der Waals surface area contributed by atoms with E-state index in [9.17, 15) is 9.59 Å². The highest BCUT2D eigenvalue weighted by atomic mass is 35.5. The van der Waals surface area contributed by atoms with Crippen molar-refractivity contribution in [2.45, 2.75) is 70.1 Å². The van der Waals surface area contributed by atoms with Gasteiger partial charge in [-0.05, 0) is 75.1 Å². The molecule has 4 rings (SSSR count). The molecule has 6 nitrogen and oxygen atoms in total. The number of carbonyl (C=O) groups excluding carboxylic acids is 2. The lowest BCUT2D eigenvalue weighted by atomic mass is 9.74. The second kappa shape index (κ2) is 11.0. The second-order valence-corrected chi connectivity index (χ2v) is 11.5. The molecule has 1 atom stereocenters. The summed E-state index contributed by atoms with van der Waals surface area (Å²) in [6.07, 6.45) is 3.37. The van der Waals surface area contributed by atoms with E-state index in [1.807, 2.05) is 4.90 Å². The van der Waals surface area contributed by atoms with E-state index in [2.05, 4.69) is 29.6 Å². The summed E-state index contributed by atoms with van der Waals surface area (Å²) in [5, 5.41) is 3.70. The van der Waals surface area contributed by atoms with Crippen molar-refractivity contribution in [1.29, 1.82) is 0 Å². The molecule has 1 saturated heterocycles. The lowest BCUT2D eigenvalue weighted by Crippen LogP contribution is -2.54. The topological polar surface area (TPSA) is 67.9 Å². The Labute approximate surface area is 223 Å². The molecule has 0 unspecified atom stereocenters. The molecular weight excluding hydrogens is 499 g/mol. The maximum atomic E-state index is 13.5. The average molecular weight is 533 g/mol. The zero-order valence-electron chi connectivity index (χ0n) is 21.1. The Morgan fingerprint density at radius 2 is 1.69 bits per heavy atom. The summed E-state index contributed by atoms with van der Waals surface area (Å²) in [5.74, 6) is -0.174. The number of halogens is 2. The predicted molar refractivity (Wildman–Crippen MR) is 142 cm³/mol. The summed E-state index contributed by atoms with van der Waals surface area (Å²) in [4.78, 5) is 27.9. The summed E-state index contributed by atoms with van der Waals surface area (Å²) in [6.45, 7) is 6.71. The predicted octanol–water partition coefficient (Wildman–Crippen LogP) is 5.91. The molecule has 0 bridgehead atoms. The third-order valence-electron chi connectivity index (χ3n) is 7.08. The number of fused-ring (bicyclic) bond motifs is 2. The third-order valence-corrected chi connectivity index (χ3v) is 7.78. The van der Waals surface area contributed by atoms with Crippen LogP contribution in [-0.2, 0) is 32.7 Å². The van der Waals surface area contributed by atoms with Crippen molar-refractivity contribution in [3.63, 3.8) is 0 Å². The van der Waals surface area contributed by atoms with Crippen LogP contribution < -0.4 is 5.32 Å². The number of aryl methyl sites for hydroxylation is 1. The molecule has 1 fully saturated rings. The molecule has 1 spiro atoms. The number of nitrogens with zero attached hydrogens (tertiary/aromatic N) is 1. The first kappa shape index (κ1) is 26.8. The molecule has 0 saturated carbocycles. The first-order chi connectivity index (χ1) is 17.1. The zero-order valence-corrected chi connectivity index (χ0v) is 22.6. The van der Waals surface area contributed by atoms with Gasteiger partial charge in [0.2, 0.25) is 5.91 Å². The minimum absolute atomic E-state index is 0.0237. The van der Waals surface area contributed by atoms with Gasteiger partial charge in [-0.25, -0.2) is 4.79 Å². The van der Waals surface area contributed by atoms with E-state index >= 15 is 0 Å². The highest BCUT2D eigenvalue weighted by Gasteiger charge is 2.42. The Hall–Kier alpha value is -2.28. The molecular formula is C28H34Cl2N2O4. The smallest absolute Gasteiger partial charge is 0.408 e. The van der Waals surface area contributed by atoms with Gasteiger partial charge in [-0.3, -0.25) is 4.79 Å². The molecule has 2 aliphatic rings. The van der Waals surface area contributed by atoms with Crippen molar-refractivity contribution < 1.29 is 19.1 Å². The summed E-state index contributed by atoms with van der Waals surface area (Å²) in [6, 6.07) is 13.0. The number of piperidine rings is 1. The lowest BCUT2D eigenvalue weighted by Gasteiger charge is -2.41. The normalized spacial score (nSPS) is 17.5. The highest BCUT2D eigenvalue weighted by molar-refractivity contribution is 6.35. The zero-order chi connectivity index (χ0) is 25.9. The number of likely N-dealkylation sites (tertiary alicyclic amines) is 1. The molecule has 1 aliphatic heterocycles. The van der Waals surface area contributed by atoms with Crippen LogP contribution in [0.25, 0.3) is 0 Å². The van der Waals surface area contributed by atoms with E-state index < -0.39 is 17.7 Å². The van der Waals surface area contributed by atoms with Crippen LogP contribution in [-0.4, -0.2) is 48.2 Å². The number of hydrogen-bond donors (Lipinski definition) is 1. The summed E-state index contributed by atoms with van der Waals surface area (Å²) >= 11 is 12.5. The van der Waals surface area contributed by atoms with Gasteiger partial charge in [0.25, 0.3) is 0 Å². The lowest BCUT2D eigenvalue weighted by molar-refractivity contribution is -0.137. The van der Waals surface area contributed by atoms with Gasteiger partial charge in [-0.1, -0.05) is 53.5 Å². The molecule has 1 aliphatic carbocycles. The second-order valence-electron chi connectivity index (χ2n) is 10.7. The minimum atomic E-state index is -0.883. The fourth-order valence-corrected chi connectivity index (χ4v) is 5.74. The highest BCUT2D eigenvalue weighted by Crippen LogP contribution is 2.46. The van der Waals surface area contributed by atoms with Crippen LogP contribution in [0.1, 0.15) is 56.7 Å². The van der Waals surface area contributed by atoms with Crippen LogP contribution in [0.4, 0.5) is 4.79 Å². The van der Waals surface area contributed by atoms with Gasteiger partial charge in [0.1, 0.15) is 11.6 Å². The Morgan fingerprint density at radius 1 is 1.03 bits per heavy atom. The van der Waals surface area contributed by atoms with Gasteiger partial charge < -0.3 is 19.7 Å². The largest absolute Gasteiger partial charge is 0.444 e. The first-order valence-electron chi connectivity index (χ1n) is 12.5. The molecule has 0 aromatic heterocycles. The van der Waals surface area contributed by atoms with Crippen molar-refractivity contribution in [2.24, 2.45) is 0 Å². The van der Waals surface area contributed by atoms with E-state index in [1.54, 1.807) is 39.0 Å². The van der Waals surface area contributed by atoms with Crippen molar-refractivity contribution >= 4 is 35.2 Å². The molecule has 8 heteroatoms. The van der Waals surface area contributed by atoms with Gasteiger partial charge in [0.15, 0.2) is 0 Å². The number of amides is 2. The molecule has 2 aromatic rings. The van der Waals surface area contributed by atoms with Crippen LogP contribution in [0.15, 0.2) is 42.5 Å². The van der Waals surface area contributed by atoms with Crippen molar-refractivity contribution in [3.8, 4) is 0 Å². The summed E-state index contributed by atoms with van der Waals surface area (Å²) < 4.78 is 11.2. The number of rotatable bonds is 6. The SMILES string of the molecule is CC(C)(C)OC(=O)N[C@H](COCc1c(Cl)cccc1Cl)C(=O)N1CCC2(CCc3ccccc32)CC1. The number of ether oxygens (including phenoxy) is 2. The Balaban J connectivity index is 1.42. The number of carbonyl (C=O) groups is 2. The maximum Gasteiger partial charge on any atom is 0.408 e. The number of hydrogen-bond acceptors (Lipinski definition) is 4. The number of alkyl carbamates (subject to hydrolysis) is 1. The number of nitrogens with one attached hydrogen (secondary N) is 1. The van der Waals surface area contributed by atoms with Crippen molar-refractivity contribution in [1.82, 2.24) is 10.2 Å². The maximum absolute atomic E-state index is 13.5. The van der Waals surface area contributed by atoms with Crippen LogP contribution >= 0.6 is 23.2 Å². The van der Waals surface area contributed by atoms with Crippen molar-refractivity contribution in [3.05, 3.63) is 69.2 Å². The van der Waals surface area contributed by atoms with Crippen molar-refractivity contribution in [2.75, 3.05) is 19.7 Å². The molecule has 194 valence electrons. The van der Waals surface area contributed by atoms with Gasteiger partial charge in [-0.2, -0.15) is 0 Å². The van der Waals surface area contributed by atoms with E-state index in [1.165, 1.54) is 11.1 Å². The monoisotopic (exact) mass is 532 g/mol. The molecule has 0 radical (unpaired) electrons. The average Bonchev–Trinajstić information content (AvgIpc) is 3.17. The van der Waals surface area contributed by atoms with Gasteiger partial charge in [0.05, 0.1) is 13.2 Å².